The lowest BCUT2D eigenvalue weighted by atomic mass is 10.1. The molecule has 5 aromatic rings. The molecule has 6 rings (SSSR count). The van der Waals surface area contributed by atoms with Crippen LogP contribution >= 0.6 is 0 Å². The van der Waals surface area contributed by atoms with Crippen molar-refractivity contribution in [3.63, 3.8) is 0 Å². The van der Waals surface area contributed by atoms with Gasteiger partial charge in [0.2, 0.25) is 0 Å². The molecule has 2 amide bonds. The molecule has 0 saturated heterocycles. The number of hydrogen-bond acceptors (Lipinski definition) is 8. The zero-order valence-electron chi connectivity index (χ0n) is 19.3. The Morgan fingerprint density at radius 2 is 1.68 bits per heavy atom. The zero-order valence-corrected chi connectivity index (χ0v) is 19.3. The van der Waals surface area contributed by atoms with Gasteiger partial charge in [0.1, 0.15) is 23.1 Å². The number of carbonyl (C=O) groups excluding carboxylic acids is 2. The summed E-state index contributed by atoms with van der Waals surface area (Å²) in [4.78, 5) is 37.2. The average Bonchev–Trinajstić information content (AvgIpc) is 3.64. The largest absolute Gasteiger partial charge is 0.434 e. The van der Waals surface area contributed by atoms with Crippen LogP contribution in [-0.2, 0) is 12.4 Å². The number of anilines is 2. The second kappa shape index (κ2) is 8.55. The standard InChI is InChI=1S/C22H10F6N10O2/c23-21(24,25)11-5-9(6-29-18(11)38-32-3-4-33-38)35-19(39)10-7-34-37(17(10)22(26,27)28)13-2-1-12-14-15(13)30-8-31-16(14)20(40)36-12/h1-8H,(H,35,39)(H,36,40). The molecule has 202 valence electrons. The highest BCUT2D eigenvalue weighted by atomic mass is 19.4. The predicted molar refractivity (Wildman–Crippen MR) is 122 cm³/mol. The number of nitrogens with one attached hydrogen (secondary N) is 2. The molecule has 1 aliphatic heterocycles. The van der Waals surface area contributed by atoms with E-state index in [1.807, 2.05) is 5.32 Å². The number of alkyl halides is 6. The molecule has 0 aliphatic carbocycles. The monoisotopic (exact) mass is 560 g/mol. The molecule has 40 heavy (non-hydrogen) atoms. The van der Waals surface area contributed by atoms with Gasteiger partial charge in [-0.05, 0) is 18.2 Å². The van der Waals surface area contributed by atoms with Crippen molar-refractivity contribution in [1.29, 1.82) is 0 Å². The summed E-state index contributed by atoms with van der Waals surface area (Å²) < 4.78 is 84.3. The van der Waals surface area contributed by atoms with Crippen LogP contribution in [0.15, 0.2) is 49.3 Å². The van der Waals surface area contributed by atoms with Crippen LogP contribution in [0.2, 0.25) is 0 Å². The number of benzene rings is 1. The summed E-state index contributed by atoms with van der Waals surface area (Å²) in [6, 6.07) is 3.04. The minimum absolute atomic E-state index is 0.0525. The van der Waals surface area contributed by atoms with Crippen LogP contribution in [0, 0.1) is 0 Å². The molecular weight excluding hydrogens is 550 g/mol. The Bertz CT molecular complexity index is 1830. The lowest BCUT2D eigenvalue weighted by molar-refractivity contribution is -0.143. The average molecular weight is 560 g/mol. The van der Waals surface area contributed by atoms with E-state index in [0.717, 1.165) is 24.9 Å². The summed E-state index contributed by atoms with van der Waals surface area (Å²) in [5, 5.41) is 15.6. The number of carbonyl (C=O) groups is 2. The molecule has 0 radical (unpaired) electrons. The van der Waals surface area contributed by atoms with E-state index in [4.69, 9.17) is 0 Å². The number of pyridine rings is 1. The smallest absolute Gasteiger partial charge is 0.320 e. The Balaban J connectivity index is 1.42. The molecule has 12 nitrogen and oxygen atoms in total. The fraction of sp³-hybridized carbons (Fsp3) is 0.0909. The molecule has 0 fully saturated rings. The van der Waals surface area contributed by atoms with Gasteiger partial charge in [-0.1, -0.05) is 0 Å². The quantitative estimate of drug-likeness (QED) is 0.317. The zero-order chi connectivity index (χ0) is 28.4. The fourth-order valence-corrected chi connectivity index (χ4v) is 4.18. The molecule has 4 aromatic heterocycles. The second-order valence-electron chi connectivity index (χ2n) is 8.21. The first kappa shape index (κ1) is 24.9. The highest BCUT2D eigenvalue weighted by Crippen LogP contribution is 2.39. The van der Waals surface area contributed by atoms with E-state index < -0.39 is 52.5 Å². The van der Waals surface area contributed by atoms with Gasteiger partial charge in [-0.25, -0.2) is 19.6 Å². The van der Waals surface area contributed by atoms with Crippen molar-refractivity contribution >= 4 is 34.1 Å². The van der Waals surface area contributed by atoms with Crippen LogP contribution in [0.3, 0.4) is 0 Å². The van der Waals surface area contributed by atoms with E-state index in [9.17, 15) is 35.9 Å². The third-order valence-electron chi connectivity index (χ3n) is 5.78. The van der Waals surface area contributed by atoms with Gasteiger partial charge in [-0.2, -0.15) is 41.6 Å². The Labute approximate surface area is 216 Å². The molecule has 0 saturated carbocycles. The summed E-state index contributed by atoms with van der Waals surface area (Å²) in [6.45, 7) is 0. The number of hydrogen-bond donors (Lipinski definition) is 2. The Morgan fingerprint density at radius 1 is 0.925 bits per heavy atom. The van der Waals surface area contributed by atoms with Crippen molar-refractivity contribution in [2.45, 2.75) is 12.4 Å². The van der Waals surface area contributed by atoms with Crippen molar-refractivity contribution in [2.75, 3.05) is 10.6 Å². The van der Waals surface area contributed by atoms with Crippen molar-refractivity contribution in [3.05, 3.63) is 71.8 Å². The molecule has 1 aromatic carbocycles. The van der Waals surface area contributed by atoms with Gasteiger partial charge in [-0.15, -0.1) is 4.80 Å². The predicted octanol–water partition coefficient (Wildman–Crippen LogP) is 3.65. The summed E-state index contributed by atoms with van der Waals surface area (Å²) in [5.74, 6) is -2.69. The SMILES string of the molecule is O=C(Nc1cnc(-n2nccn2)c(C(F)(F)F)c1)c1cnn(-c2ccc3c4c(ncnc24)C(=O)N3)c1C(F)(F)F. The van der Waals surface area contributed by atoms with Crippen LogP contribution in [-0.4, -0.2) is 51.5 Å². The van der Waals surface area contributed by atoms with Gasteiger partial charge >= 0.3 is 12.4 Å². The van der Waals surface area contributed by atoms with Gasteiger partial charge in [0.15, 0.2) is 11.5 Å². The second-order valence-corrected chi connectivity index (χ2v) is 8.21. The third-order valence-corrected chi connectivity index (χ3v) is 5.78. The first-order valence-electron chi connectivity index (χ1n) is 10.9. The van der Waals surface area contributed by atoms with E-state index in [1.54, 1.807) is 0 Å². The molecule has 0 atom stereocenters. The lowest BCUT2D eigenvalue weighted by Crippen LogP contribution is -2.21. The van der Waals surface area contributed by atoms with Gasteiger partial charge in [-0.3, -0.25) is 9.59 Å². The first-order valence-corrected chi connectivity index (χ1v) is 10.9. The first-order chi connectivity index (χ1) is 18.9. The highest BCUT2D eigenvalue weighted by molar-refractivity contribution is 6.23. The molecule has 18 heteroatoms. The maximum Gasteiger partial charge on any atom is 0.434 e. The molecular formula is C22H10F6N10O2. The van der Waals surface area contributed by atoms with E-state index in [0.29, 0.717) is 21.7 Å². The number of amides is 2. The maximum absolute atomic E-state index is 14.3. The fourth-order valence-electron chi connectivity index (χ4n) is 4.18. The number of halogens is 6. The van der Waals surface area contributed by atoms with Gasteiger partial charge in [0, 0.05) is 0 Å². The molecule has 5 heterocycles. The van der Waals surface area contributed by atoms with Crippen molar-refractivity contribution < 1.29 is 35.9 Å². The summed E-state index contributed by atoms with van der Waals surface area (Å²) in [7, 11) is 0. The lowest BCUT2D eigenvalue weighted by Gasteiger charge is -2.15. The van der Waals surface area contributed by atoms with Crippen molar-refractivity contribution in [1.82, 2.24) is 39.7 Å². The summed E-state index contributed by atoms with van der Waals surface area (Å²) >= 11 is 0. The van der Waals surface area contributed by atoms with E-state index in [1.165, 1.54) is 12.1 Å². The van der Waals surface area contributed by atoms with Crippen LogP contribution in [0.1, 0.15) is 32.1 Å². The summed E-state index contributed by atoms with van der Waals surface area (Å²) in [6.07, 6.45) is -5.45. The number of nitrogens with zero attached hydrogens (tertiary/aromatic N) is 8. The topological polar surface area (TPSA) is 145 Å². The Hall–Kier alpha value is -5.42. The van der Waals surface area contributed by atoms with Crippen LogP contribution in [0.25, 0.3) is 22.4 Å². The summed E-state index contributed by atoms with van der Waals surface area (Å²) in [5.41, 5.74) is -4.46. The van der Waals surface area contributed by atoms with Gasteiger partial charge in [0.25, 0.3) is 11.8 Å². The molecule has 1 aliphatic rings. The normalized spacial score (nSPS) is 13.1. The van der Waals surface area contributed by atoms with E-state index in [-0.39, 0.29) is 28.0 Å². The van der Waals surface area contributed by atoms with Crippen molar-refractivity contribution in [2.24, 2.45) is 0 Å². The Kier molecular flexibility index (Phi) is 5.32. The maximum atomic E-state index is 14.3. The van der Waals surface area contributed by atoms with Crippen LogP contribution < -0.4 is 10.6 Å². The highest BCUT2D eigenvalue weighted by Gasteiger charge is 2.42. The molecule has 0 bridgehead atoms. The molecule has 0 spiro atoms. The van der Waals surface area contributed by atoms with Gasteiger partial charge < -0.3 is 10.6 Å². The van der Waals surface area contributed by atoms with Gasteiger partial charge in [0.05, 0.1) is 52.8 Å². The Morgan fingerprint density at radius 3 is 2.38 bits per heavy atom. The molecule has 0 unspecified atom stereocenters. The number of aromatic nitrogens is 8. The van der Waals surface area contributed by atoms with E-state index >= 15 is 0 Å². The van der Waals surface area contributed by atoms with Crippen LogP contribution in [0.5, 0.6) is 0 Å². The minimum atomic E-state index is -5.15. The third kappa shape index (κ3) is 3.96. The van der Waals surface area contributed by atoms with Crippen molar-refractivity contribution in [3.8, 4) is 11.5 Å². The number of rotatable bonds is 4. The molecule has 2 N–H and O–H groups in total. The van der Waals surface area contributed by atoms with E-state index in [2.05, 4.69) is 35.6 Å². The van der Waals surface area contributed by atoms with Crippen LogP contribution in [0.4, 0.5) is 37.7 Å². The minimum Gasteiger partial charge on any atom is -0.320 e.